The molecule has 0 aliphatic rings. The van der Waals surface area contributed by atoms with E-state index in [1.54, 1.807) is 4.52 Å². The van der Waals surface area contributed by atoms with Crippen LogP contribution in [0.5, 0.6) is 0 Å². The number of H-pyrrole nitrogens is 1. The van der Waals surface area contributed by atoms with Crippen LogP contribution in [0.15, 0.2) is 29.2 Å². The van der Waals surface area contributed by atoms with Gasteiger partial charge in [0, 0.05) is 3.57 Å². The normalized spacial score (nSPS) is 11.3. The summed E-state index contributed by atoms with van der Waals surface area (Å²) in [5, 5.41) is 7.62. The number of hydrogen-bond acceptors (Lipinski definition) is 3. The van der Waals surface area contributed by atoms with Crippen LogP contribution < -0.4 is 5.56 Å². The van der Waals surface area contributed by atoms with Gasteiger partial charge in [-0.3, -0.25) is 4.79 Å². The highest BCUT2D eigenvalue weighted by molar-refractivity contribution is 14.1. The van der Waals surface area contributed by atoms with Gasteiger partial charge in [-0.1, -0.05) is 5.21 Å². The minimum atomic E-state index is -0.172. The van der Waals surface area contributed by atoms with Crippen LogP contribution in [0.2, 0.25) is 0 Å². The van der Waals surface area contributed by atoms with Crippen molar-refractivity contribution in [2.24, 2.45) is 0 Å². The van der Waals surface area contributed by atoms with Crippen molar-refractivity contribution in [2.45, 2.75) is 0 Å². The quantitative estimate of drug-likeness (QED) is 0.634. The minimum Gasteiger partial charge on any atom is -0.319 e. The van der Waals surface area contributed by atoms with E-state index in [0.29, 0.717) is 5.52 Å². The molecular weight excluding hydrogens is 307 g/mol. The Morgan fingerprint density at radius 3 is 3.07 bits per heavy atom. The third kappa shape index (κ3) is 1.24. The summed E-state index contributed by atoms with van der Waals surface area (Å²) in [6.45, 7) is 0. The lowest BCUT2D eigenvalue weighted by Gasteiger charge is -2.00. The predicted molar refractivity (Wildman–Crippen MR) is 63.8 cm³/mol. The lowest BCUT2D eigenvalue weighted by molar-refractivity contribution is 0.876. The van der Waals surface area contributed by atoms with E-state index < -0.39 is 0 Å². The van der Waals surface area contributed by atoms with Gasteiger partial charge in [-0.05, 0) is 40.8 Å². The average Bonchev–Trinajstić information content (AvgIpc) is 2.69. The Hall–Kier alpha value is -1.44. The van der Waals surface area contributed by atoms with E-state index >= 15 is 0 Å². The van der Waals surface area contributed by atoms with Crippen LogP contribution >= 0.6 is 22.6 Å². The van der Waals surface area contributed by atoms with Gasteiger partial charge in [0.15, 0.2) is 5.52 Å². The fourth-order valence-corrected chi connectivity index (χ4v) is 2.01. The van der Waals surface area contributed by atoms with Gasteiger partial charge in [-0.15, -0.1) is 5.10 Å². The topological polar surface area (TPSA) is 63.0 Å². The number of nitrogens with one attached hydrogen (secondary N) is 1. The van der Waals surface area contributed by atoms with Gasteiger partial charge in [-0.25, -0.2) is 4.52 Å². The monoisotopic (exact) mass is 312 g/mol. The van der Waals surface area contributed by atoms with Crippen molar-refractivity contribution >= 4 is 39.1 Å². The number of nitrogens with zero attached hydrogens (tertiary/aromatic N) is 3. The number of halogens is 1. The van der Waals surface area contributed by atoms with Gasteiger partial charge in [0.05, 0.1) is 17.2 Å². The van der Waals surface area contributed by atoms with Gasteiger partial charge in [-0.2, -0.15) is 0 Å². The third-order valence-corrected chi connectivity index (χ3v) is 2.89. The van der Waals surface area contributed by atoms with Gasteiger partial charge in [0.2, 0.25) is 0 Å². The van der Waals surface area contributed by atoms with Crippen molar-refractivity contribution in [3.63, 3.8) is 0 Å². The molecule has 0 aliphatic heterocycles. The zero-order valence-electron chi connectivity index (χ0n) is 7.44. The molecule has 5 nitrogen and oxygen atoms in total. The molecule has 0 bridgehead atoms. The lowest BCUT2D eigenvalue weighted by atomic mass is 10.3. The second-order valence-electron chi connectivity index (χ2n) is 3.15. The summed E-state index contributed by atoms with van der Waals surface area (Å²) >= 11 is 2.21. The Morgan fingerprint density at radius 1 is 1.33 bits per heavy atom. The Morgan fingerprint density at radius 2 is 2.20 bits per heavy atom. The molecule has 0 amide bonds. The first-order valence-corrected chi connectivity index (χ1v) is 5.35. The summed E-state index contributed by atoms with van der Waals surface area (Å²) in [6, 6.07) is 5.74. The van der Waals surface area contributed by atoms with Crippen LogP contribution in [-0.2, 0) is 0 Å². The highest BCUT2D eigenvalue weighted by atomic mass is 127. The third-order valence-electron chi connectivity index (χ3n) is 2.22. The van der Waals surface area contributed by atoms with Crippen molar-refractivity contribution in [1.82, 2.24) is 19.8 Å². The second kappa shape index (κ2) is 3.02. The SMILES string of the molecule is O=c1[nH]c2ccc(I)cc2n2nncc12. The first kappa shape index (κ1) is 8.84. The smallest absolute Gasteiger partial charge is 0.276 e. The first-order chi connectivity index (χ1) is 7.25. The van der Waals surface area contributed by atoms with Gasteiger partial charge >= 0.3 is 0 Å². The maximum atomic E-state index is 11.6. The number of aromatic nitrogens is 4. The molecule has 0 fully saturated rings. The predicted octanol–water partition coefficient (Wildman–Crippen LogP) is 1.18. The van der Waals surface area contributed by atoms with Gasteiger partial charge in [0.1, 0.15) is 0 Å². The van der Waals surface area contributed by atoms with E-state index in [1.165, 1.54) is 6.20 Å². The fraction of sp³-hybridized carbons (Fsp3) is 0. The molecular formula is C9H5IN4O. The molecule has 3 rings (SSSR count). The van der Waals surface area contributed by atoms with Gasteiger partial charge < -0.3 is 4.98 Å². The molecule has 2 heterocycles. The minimum absolute atomic E-state index is 0.172. The van der Waals surface area contributed by atoms with E-state index in [-0.39, 0.29) is 5.56 Å². The lowest BCUT2D eigenvalue weighted by Crippen LogP contribution is -2.10. The molecule has 0 aliphatic carbocycles. The molecule has 2 aromatic heterocycles. The Balaban J connectivity index is 2.67. The Labute approximate surface area is 97.3 Å². The second-order valence-corrected chi connectivity index (χ2v) is 4.39. The average molecular weight is 312 g/mol. The maximum Gasteiger partial charge on any atom is 0.276 e. The molecule has 0 saturated carbocycles. The van der Waals surface area contributed by atoms with Crippen LogP contribution in [0.3, 0.4) is 0 Å². The molecule has 15 heavy (non-hydrogen) atoms. The van der Waals surface area contributed by atoms with E-state index in [4.69, 9.17) is 0 Å². The number of aromatic amines is 1. The number of rotatable bonds is 0. The number of hydrogen-bond donors (Lipinski definition) is 1. The van der Waals surface area contributed by atoms with E-state index in [9.17, 15) is 4.79 Å². The van der Waals surface area contributed by atoms with Crippen molar-refractivity contribution < 1.29 is 0 Å². The van der Waals surface area contributed by atoms with Crippen molar-refractivity contribution in [1.29, 1.82) is 0 Å². The van der Waals surface area contributed by atoms with E-state index in [2.05, 4.69) is 37.9 Å². The molecule has 1 aromatic carbocycles. The largest absolute Gasteiger partial charge is 0.319 e. The maximum absolute atomic E-state index is 11.6. The van der Waals surface area contributed by atoms with Crippen molar-refractivity contribution in [2.75, 3.05) is 0 Å². The fourth-order valence-electron chi connectivity index (χ4n) is 1.54. The molecule has 6 heteroatoms. The molecule has 0 unspecified atom stereocenters. The summed E-state index contributed by atoms with van der Waals surface area (Å²) in [7, 11) is 0. The molecule has 3 aromatic rings. The highest BCUT2D eigenvalue weighted by Gasteiger charge is 2.05. The molecule has 0 spiro atoms. The van der Waals surface area contributed by atoms with Crippen LogP contribution in [0.1, 0.15) is 0 Å². The van der Waals surface area contributed by atoms with Crippen LogP contribution in [0, 0.1) is 3.57 Å². The standard InChI is InChI=1S/C9H5IN4O/c10-5-1-2-6-7(3-5)14-8(4-11-13-14)9(15)12-6/h1-4H,(H,12,15). The zero-order valence-corrected chi connectivity index (χ0v) is 9.59. The number of benzene rings is 1. The summed E-state index contributed by atoms with van der Waals surface area (Å²) in [5.74, 6) is 0. The molecule has 74 valence electrons. The molecule has 0 atom stereocenters. The molecule has 0 saturated heterocycles. The van der Waals surface area contributed by atoms with Gasteiger partial charge in [0.25, 0.3) is 5.56 Å². The van der Waals surface area contributed by atoms with Crippen LogP contribution in [0.25, 0.3) is 16.6 Å². The van der Waals surface area contributed by atoms with E-state index in [1.807, 2.05) is 18.2 Å². The summed E-state index contributed by atoms with van der Waals surface area (Å²) in [6.07, 6.45) is 1.46. The Bertz CT molecular complexity index is 715. The molecule has 0 radical (unpaired) electrons. The first-order valence-electron chi connectivity index (χ1n) is 4.28. The molecule has 1 N–H and O–H groups in total. The van der Waals surface area contributed by atoms with Crippen LogP contribution in [-0.4, -0.2) is 19.8 Å². The Kier molecular flexibility index (Phi) is 1.78. The number of fused-ring (bicyclic) bond motifs is 3. The van der Waals surface area contributed by atoms with E-state index in [0.717, 1.165) is 14.6 Å². The highest BCUT2D eigenvalue weighted by Crippen LogP contribution is 2.14. The summed E-state index contributed by atoms with van der Waals surface area (Å²) in [4.78, 5) is 14.4. The van der Waals surface area contributed by atoms with Crippen molar-refractivity contribution in [3.8, 4) is 0 Å². The van der Waals surface area contributed by atoms with Crippen molar-refractivity contribution in [3.05, 3.63) is 38.3 Å². The summed E-state index contributed by atoms with van der Waals surface area (Å²) < 4.78 is 2.64. The summed E-state index contributed by atoms with van der Waals surface area (Å²) in [5.41, 5.74) is 1.91. The zero-order chi connectivity index (χ0) is 10.4. The van der Waals surface area contributed by atoms with Crippen LogP contribution in [0.4, 0.5) is 0 Å².